The third-order valence-corrected chi connectivity index (χ3v) is 4.55. The summed E-state index contributed by atoms with van der Waals surface area (Å²) in [6.07, 6.45) is -2.08. The van der Waals surface area contributed by atoms with Crippen LogP contribution < -0.4 is 21.7 Å². The summed E-state index contributed by atoms with van der Waals surface area (Å²) in [6, 6.07) is -4.93. The zero-order chi connectivity index (χ0) is 24.5. The van der Waals surface area contributed by atoms with Gasteiger partial charge in [-0.25, -0.2) is 4.79 Å². The Balaban J connectivity index is 5.43. The van der Waals surface area contributed by atoms with E-state index < -0.39 is 60.1 Å². The van der Waals surface area contributed by atoms with Crippen LogP contribution in [0.3, 0.4) is 0 Å². The molecule has 0 saturated heterocycles. The summed E-state index contributed by atoms with van der Waals surface area (Å²) in [7, 11) is 0. The van der Waals surface area contributed by atoms with Crippen molar-refractivity contribution >= 4 is 23.7 Å². The van der Waals surface area contributed by atoms with E-state index in [-0.39, 0.29) is 24.7 Å². The van der Waals surface area contributed by atoms with Crippen molar-refractivity contribution in [1.29, 1.82) is 0 Å². The number of nitrogens with one attached hydrogen (secondary N) is 3. The molecule has 0 rings (SSSR count). The van der Waals surface area contributed by atoms with Gasteiger partial charge in [-0.3, -0.25) is 14.4 Å². The van der Waals surface area contributed by atoms with Crippen LogP contribution in [0.15, 0.2) is 0 Å². The molecule has 3 amide bonds. The van der Waals surface area contributed by atoms with Crippen molar-refractivity contribution in [1.82, 2.24) is 16.0 Å². The number of carboxylic acid groups (broad SMARTS) is 1. The molecule has 31 heavy (non-hydrogen) atoms. The van der Waals surface area contributed by atoms with Gasteiger partial charge in [-0.05, 0) is 38.5 Å². The highest BCUT2D eigenvalue weighted by atomic mass is 16.4. The molecule has 180 valence electrons. The van der Waals surface area contributed by atoms with E-state index >= 15 is 0 Å². The number of hydrogen-bond acceptors (Lipinski definition) is 7. The maximum atomic E-state index is 12.8. The summed E-state index contributed by atoms with van der Waals surface area (Å²) in [5.74, 6) is -3.58. The van der Waals surface area contributed by atoms with Gasteiger partial charge in [-0.1, -0.05) is 27.7 Å². The molecule has 0 aromatic carbocycles. The Morgan fingerprint density at radius 3 is 1.55 bits per heavy atom. The topological polar surface area (TPSA) is 191 Å². The van der Waals surface area contributed by atoms with Crippen molar-refractivity contribution in [3.05, 3.63) is 0 Å². The van der Waals surface area contributed by atoms with E-state index in [1.807, 2.05) is 13.8 Å². The van der Waals surface area contributed by atoms with E-state index in [2.05, 4.69) is 16.0 Å². The standard InChI is InChI=1S/C20H38N4O7/c1-9(2)7-13(22-18(28)15(21)11(5)25)17(27)24-16(12(6)26)19(29)23-14(20(30)31)8-10(3)4/h9-16,25-26H,7-8,21H2,1-6H3,(H,22,28)(H,23,29)(H,24,27)(H,30,31). The first-order valence-electron chi connectivity index (χ1n) is 10.4. The van der Waals surface area contributed by atoms with E-state index in [0.717, 1.165) is 0 Å². The molecule has 6 atom stereocenters. The van der Waals surface area contributed by atoms with Gasteiger partial charge in [0.1, 0.15) is 24.2 Å². The van der Waals surface area contributed by atoms with Crippen molar-refractivity contribution in [2.75, 3.05) is 0 Å². The van der Waals surface area contributed by atoms with Gasteiger partial charge in [-0.15, -0.1) is 0 Å². The van der Waals surface area contributed by atoms with Crippen molar-refractivity contribution in [3.8, 4) is 0 Å². The van der Waals surface area contributed by atoms with Gasteiger partial charge < -0.3 is 37.0 Å². The second-order valence-electron chi connectivity index (χ2n) is 8.71. The number of amides is 3. The van der Waals surface area contributed by atoms with Crippen molar-refractivity contribution in [2.24, 2.45) is 17.6 Å². The minimum atomic E-state index is -1.43. The van der Waals surface area contributed by atoms with Crippen molar-refractivity contribution in [3.63, 3.8) is 0 Å². The van der Waals surface area contributed by atoms with Gasteiger partial charge in [0.25, 0.3) is 0 Å². The minimum absolute atomic E-state index is 0.00949. The summed E-state index contributed by atoms with van der Waals surface area (Å²) in [5.41, 5.74) is 5.61. The fraction of sp³-hybridized carbons (Fsp3) is 0.800. The van der Waals surface area contributed by atoms with Crippen LogP contribution in [0.1, 0.15) is 54.4 Å². The fourth-order valence-corrected chi connectivity index (χ4v) is 2.80. The van der Waals surface area contributed by atoms with E-state index in [1.165, 1.54) is 13.8 Å². The Kier molecular flexibility index (Phi) is 12.3. The summed E-state index contributed by atoms with van der Waals surface area (Å²) in [6.45, 7) is 9.86. The molecule has 0 aliphatic carbocycles. The second-order valence-corrected chi connectivity index (χ2v) is 8.71. The number of aliphatic hydroxyl groups excluding tert-OH is 2. The van der Waals surface area contributed by atoms with Crippen LogP contribution in [-0.4, -0.2) is 75.4 Å². The maximum Gasteiger partial charge on any atom is 0.326 e. The second kappa shape index (κ2) is 13.2. The number of rotatable bonds is 13. The third-order valence-electron chi connectivity index (χ3n) is 4.55. The van der Waals surface area contributed by atoms with E-state index in [0.29, 0.717) is 0 Å². The van der Waals surface area contributed by atoms with Crippen LogP contribution in [0, 0.1) is 11.8 Å². The normalized spacial score (nSPS) is 17.3. The molecular weight excluding hydrogens is 408 g/mol. The fourth-order valence-electron chi connectivity index (χ4n) is 2.80. The van der Waals surface area contributed by atoms with E-state index in [9.17, 15) is 34.5 Å². The van der Waals surface area contributed by atoms with Crippen LogP contribution in [-0.2, 0) is 19.2 Å². The van der Waals surface area contributed by atoms with Gasteiger partial charge in [-0.2, -0.15) is 0 Å². The third kappa shape index (κ3) is 10.6. The molecule has 0 saturated carbocycles. The highest BCUT2D eigenvalue weighted by Gasteiger charge is 2.33. The Labute approximate surface area is 183 Å². The number of hydrogen-bond donors (Lipinski definition) is 7. The van der Waals surface area contributed by atoms with Gasteiger partial charge in [0.05, 0.1) is 12.2 Å². The summed E-state index contributed by atoms with van der Waals surface area (Å²) < 4.78 is 0. The molecule has 6 unspecified atom stereocenters. The number of carbonyl (C=O) groups is 4. The summed E-state index contributed by atoms with van der Waals surface area (Å²) in [5, 5.41) is 36.0. The molecular formula is C20H38N4O7. The Bertz CT molecular complexity index is 623. The van der Waals surface area contributed by atoms with Crippen LogP contribution in [0.4, 0.5) is 0 Å². The van der Waals surface area contributed by atoms with Gasteiger partial charge in [0, 0.05) is 0 Å². The van der Waals surface area contributed by atoms with Gasteiger partial charge in [0.15, 0.2) is 0 Å². The SMILES string of the molecule is CC(C)CC(NC(=O)C(NC(=O)C(CC(C)C)NC(=O)C(N)C(C)O)C(C)O)C(=O)O. The van der Waals surface area contributed by atoms with Gasteiger partial charge >= 0.3 is 5.97 Å². The smallest absolute Gasteiger partial charge is 0.326 e. The molecule has 11 nitrogen and oxygen atoms in total. The lowest BCUT2D eigenvalue weighted by atomic mass is 10.0. The predicted octanol–water partition coefficient (Wildman–Crippen LogP) is -1.29. The Hall–Kier alpha value is -2.24. The Morgan fingerprint density at radius 2 is 1.16 bits per heavy atom. The maximum absolute atomic E-state index is 12.8. The van der Waals surface area contributed by atoms with Crippen LogP contribution in [0.5, 0.6) is 0 Å². The van der Waals surface area contributed by atoms with Crippen LogP contribution in [0.2, 0.25) is 0 Å². The zero-order valence-corrected chi connectivity index (χ0v) is 19.1. The van der Waals surface area contributed by atoms with E-state index in [1.54, 1.807) is 13.8 Å². The highest BCUT2D eigenvalue weighted by molar-refractivity contribution is 5.94. The quantitative estimate of drug-likeness (QED) is 0.182. The molecule has 8 N–H and O–H groups in total. The molecule has 0 fully saturated rings. The number of nitrogens with two attached hydrogens (primary N) is 1. The molecule has 0 bridgehead atoms. The molecule has 0 radical (unpaired) electrons. The van der Waals surface area contributed by atoms with E-state index in [4.69, 9.17) is 5.73 Å². The molecule has 0 heterocycles. The molecule has 0 aromatic heterocycles. The average molecular weight is 447 g/mol. The van der Waals surface area contributed by atoms with Crippen molar-refractivity contribution in [2.45, 2.75) is 90.8 Å². The molecule has 0 spiro atoms. The van der Waals surface area contributed by atoms with Crippen LogP contribution >= 0.6 is 0 Å². The van der Waals surface area contributed by atoms with Crippen LogP contribution in [0.25, 0.3) is 0 Å². The first-order valence-corrected chi connectivity index (χ1v) is 10.4. The zero-order valence-electron chi connectivity index (χ0n) is 19.1. The molecule has 0 aliphatic heterocycles. The lowest BCUT2D eigenvalue weighted by Gasteiger charge is -2.27. The Morgan fingerprint density at radius 1 is 0.710 bits per heavy atom. The monoisotopic (exact) mass is 446 g/mol. The summed E-state index contributed by atoms with van der Waals surface area (Å²) >= 11 is 0. The first-order chi connectivity index (χ1) is 14.2. The lowest BCUT2D eigenvalue weighted by Crippen LogP contribution is -2.60. The lowest BCUT2D eigenvalue weighted by molar-refractivity contribution is -0.143. The molecule has 0 aliphatic rings. The summed E-state index contributed by atoms with van der Waals surface area (Å²) in [4.78, 5) is 49.0. The molecule has 0 aromatic rings. The molecule has 11 heteroatoms. The highest BCUT2D eigenvalue weighted by Crippen LogP contribution is 2.09. The average Bonchev–Trinajstić information content (AvgIpc) is 2.62. The minimum Gasteiger partial charge on any atom is -0.480 e. The number of carbonyl (C=O) groups excluding carboxylic acids is 3. The van der Waals surface area contributed by atoms with Gasteiger partial charge in [0.2, 0.25) is 17.7 Å². The largest absolute Gasteiger partial charge is 0.480 e. The van der Waals surface area contributed by atoms with Crippen molar-refractivity contribution < 1.29 is 34.5 Å². The first kappa shape index (κ1) is 28.8. The number of aliphatic carboxylic acids is 1. The number of carboxylic acids is 1. The predicted molar refractivity (Wildman–Crippen MR) is 114 cm³/mol. The number of aliphatic hydroxyl groups is 2.